The van der Waals surface area contributed by atoms with E-state index < -0.39 is 17.4 Å². The predicted molar refractivity (Wildman–Crippen MR) is 141 cm³/mol. The van der Waals surface area contributed by atoms with Gasteiger partial charge in [-0.05, 0) is 58.3 Å². The van der Waals surface area contributed by atoms with E-state index >= 15 is 0 Å². The average molecular weight is 522 g/mol. The molecule has 6 rings (SSSR count). The molecule has 0 spiro atoms. The average Bonchev–Trinajstić information content (AvgIpc) is 3.50. The summed E-state index contributed by atoms with van der Waals surface area (Å²) < 4.78 is 1.82. The Morgan fingerprint density at radius 3 is 2.24 bits per heavy atom. The van der Waals surface area contributed by atoms with E-state index in [4.69, 9.17) is 4.84 Å². The molecule has 3 heterocycles. The van der Waals surface area contributed by atoms with Crippen molar-refractivity contribution in [3.8, 4) is 0 Å². The second-order valence-electron chi connectivity index (χ2n) is 11.0. The standard InChI is InChI=1S/C27H35N7O4/c1-2-34-24-21(15-29-34)23(30-18-9-11-19(35)12-10-18)20(14-28-24)22-13-27(38-33-22,25(36)31-16-5-3-6-16)26(37)32-17-7-4-8-17/h14-18H,2-13H2,1H3,(H,28,30)(H,31,36)(H,32,37). The molecule has 4 aliphatic rings. The molecule has 2 amide bonds. The van der Waals surface area contributed by atoms with E-state index in [1.54, 1.807) is 12.4 Å². The van der Waals surface area contributed by atoms with Crippen molar-refractivity contribution in [2.24, 2.45) is 5.16 Å². The van der Waals surface area contributed by atoms with Gasteiger partial charge in [-0.3, -0.25) is 14.4 Å². The van der Waals surface area contributed by atoms with Crippen molar-refractivity contribution in [1.29, 1.82) is 0 Å². The van der Waals surface area contributed by atoms with E-state index in [1.165, 1.54) is 0 Å². The number of oxime groups is 1. The van der Waals surface area contributed by atoms with Crippen LogP contribution in [0.4, 0.5) is 5.69 Å². The summed E-state index contributed by atoms with van der Waals surface area (Å²) in [6.07, 6.45) is 11.8. The maximum Gasteiger partial charge on any atom is 0.297 e. The molecule has 0 saturated heterocycles. The molecule has 0 radical (unpaired) electrons. The molecule has 2 aromatic heterocycles. The van der Waals surface area contributed by atoms with Gasteiger partial charge in [-0.25, -0.2) is 9.67 Å². The van der Waals surface area contributed by atoms with Gasteiger partial charge in [-0.1, -0.05) is 5.16 Å². The molecule has 0 aromatic carbocycles. The van der Waals surface area contributed by atoms with Crippen molar-refractivity contribution < 1.29 is 19.2 Å². The van der Waals surface area contributed by atoms with Gasteiger partial charge in [0.15, 0.2) is 5.65 Å². The molecular weight excluding hydrogens is 486 g/mol. The quantitative estimate of drug-likeness (QED) is 0.454. The van der Waals surface area contributed by atoms with E-state index in [2.05, 4.69) is 31.2 Å². The number of hydrogen-bond donors (Lipinski definition) is 3. The van der Waals surface area contributed by atoms with Crippen LogP contribution in [0.15, 0.2) is 17.5 Å². The van der Waals surface area contributed by atoms with Crippen molar-refractivity contribution in [3.63, 3.8) is 0 Å². The van der Waals surface area contributed by atoms with Gasteiger partial charge >= 0.3 is 0 Å². The zero-order chi connectivity index (χ0) is 26.3. The largest absolute Gasteiger partial charge is 0.381 e. The van der Waals surface area contributed by atoms with E-state index in [0.717, 1.165) is 68.1 Å². The maximum atomic E-state index is 13.5. The summed E-state index contributed by atoms with van der Waals surface area (Å²) in [6, 6.07) is 0.235. The third-order valence-electron chi connectivity index (χ3n) is 8.51. The van der Waals surface area contributed by atoms with Gasteiger partial charge in [0.1, 0.15) is 5.78 Å². The van der Waals surface area contributed by atoms with Crippen molar-refractivity contribution in [2.45, 2.75) is 108 Å². The molecule has 3 saturated carbocycles. The van der Waals surface area contributed by atoms with Gasteiger partial charge in [-0.15, -0.1) is 0 Å². The number of carbonyl (C=O) groups excluding carboxylic acids is 3. The van der Waals surface area contributed by atoms with Crippen LogP contribution in [0.3, 0.4) is 0 Å². The van der Waals surface area contributed by atoms with Crippen LogP contribution in [0.1, 0.15) is 83.1 Å². The minimum atomic E-state index is -1.75. The summed E-state index contributed by atoms with van der Waals surface area (Å²) >= 11 is 0. The van der Waals surface area contributed by atoms with Gasteiger partial charge in [0, 0.05) is 49.3 Å². The highest BCUT2D eigenvalue weighted by Crippen LogP contribution is 2.36. The Balaban J connectivity index is 1.32. The van der Waals surface area contributed by atoms with E-state index in [9.17, 15) is 14.4 Å². The molecule has 3 N–H and O–H groups in total. The van der Waals surface area contributed by atoms with E-state index in [-0.39, 0.29) is 30.3 Å². The summed E-state index contributed by atoms with van der Waals surface area (Å²) in [6.45, 7) is 2.68. The fourth-order valence-electron chi connectivity index (χ4n) is 5.55. The van der Waals surface area contributed by atoms with Gasteiger partial charge < -0.3 is 20.8 Å². The third kappa shape index (κ3) is 4.41. The molecular formula is C27H35N7O4. The molecule has 3 fully saturated rings. The number of rotatable bonds is 8. The van der Waals surface area contributed by atoms with Crippen LogP contribution in [0, 0.1) is 0 Å². The first-order valence-corrected chi connectivity index (χ1v) is 14.0. The fourth-order valence-corrected chi connectivity index (χ4v) is 5.55. The molecule has 11 heteroatoms. The zero-order valence-electron chi connectivity index (χ0n) is 21.8. The van der Waals surface area contributed by atoms with Gasteiger partial charge in [0.05, 0.1) is 29.4 Å². The lowest BCUT2D eigenvalue weighted by Gasteiger charge is -2.34. The Bertz CT molecular complexity index is 1260. The first kappa shape index (κ1) is 24.8. The zero-order valence-corrected chi connectivity index (χ0v) is 21.8. The molecule has 0 atom stereocenters. The van der Waals surface area contributed by atoms with Gasteiger partial charge in [0.2, 0.25) is 0 Å². The molecule has 0 bridgehead atoms. The van der Waals surface area contributed by atoms with Crippen molar-refractivity contribution >= 4 is 40.0 Å². The van der Waals surface area contributed by atoms with Crippen molar-refractivity contribution in [3.05, 3.63) is 18.0 Å². The van der Waals surface area contributed by atoms with Crippen LogP contribution in [0.25, 0.3) is 11.0 Å². The lowest BCUT2D eigenvalue weighted by molar-refractivity contribution is -0.159. The summed E-state index contributed by atoms with van der Waals surface area (Å²) in [4.78, 5) is 49.3. The predicted octanol–water partition coefficient (Wildman–Crippen LogP) is 2.58. The van der Waals surface area contributed by atoms with Gasteiger partial charge in [-0.2, -0.15) is 5.10 Å². The Kier molecular flexibility index (Phi) is 6.53. The Morgan fingerprint density at radius 1 is 1.00 bits per heavy atom. The van der Waals surface area contributed by atoms with Crippen LogP contribution in [0.2, 0.25) is 0 Å². The number of hydrogen-bond acceptors (Lipinski definition) is 8. The smallest absolute Gasteiger partial charge is 0.297 e. The normalized spacial score (nSPS) is 21.8. The van der Waals surface area contributed by atoms with E-state index in [0.29, 0.717) is 30.7 Å². The highest BCUT2D eigenvalue weighted by Gasteiger charge is 2.55. The molecule has 2 aromatic rings. The first-order chi connectivity index (χ1) is 18.5. The first-order valence-electron chi connectivity index (χ1n) is 14.0. The van der Waals surface area contributed by atoms with Crippen LogP contribution >= 0.6 is 0 Å². The Morgan fingerprint density at radius 2 is 1.66 bits per heavy atom. The highest BCUT2D eigenvalue weighted by molar-refractivity contribution is 6.18. The minimum absolute atomic E-state index is 0.0110. The number of nitrogens with one attached hydrogen (secondary N) is 3. The number of anilines is 1. The second kappa shape index (κ2) is 9.99. The SMILES string of the molecule is CCn1ncc2c(NC3CCC(=O)CC3)c(C3=NOC(C(=O)NC4CCC4)(C(=O)NC4CCC4)C3)cnc21. The number of aryl methyl sites for hydroxylation is 1. The number of aromatic nitrogens is 3. The lowest BCUT2D eigenvalue weighted by Crippen LogP contribution is -2.61. The second-order valence-corrected chi connectivity index (χ2v) is 11.0. The highest BCUT2D eigenvalue weighted by atomic mass is 16.7. The van der Waals surface area contributed by atoms with Crippen molar-refractivity contribution in [1.82, 2.24) is 25.4 Å². The number of Topliss-reactive ketones (excluding diaryl/α,β-unsaturated/α-hetero) is 1. The topological polar surface area (TPSA) is 140 Å². The molecule has 11 nitrogen and oxygen atoms in total. The fraction of sp³-hybridized carbons (Fsp3) is 0.630. The Labute approximate surface area is 221 Å². The monoisotopic (exact) mass is 521 g/mol. The van der Waals surface area contributed by atoms with Crippen LogP contribution in [-0.4, -0.2) is 61.8 Å². The number of fused-ring (bicyclic) bond motifs is 1. The van der Waals surface area contributed by atoms with Gasteiger partial charge in [0.25, 0.3) is 17.4 Å². The summed E-state index contributed by atoms with van der Waals surface area (Å²) in [5.41, 5.74) is 0.954. The molecule has 0 unspecified atom stereocenters. The molecule has 1 aliphatic heterocycles. The number of pyridine rings is 1. The molecule has 3 aliphatic carbocycles. The number of carbonyl (C=O) groups is 3. The Hall–Kier alpha value is -3.50. The lowest BCUT2D eigenvalue weighted by atomic mass is 9.87. The molecule has 38 heavy (non-hydrogen) atoms. The summed E-state index contributed by atoms with van der Waals surface area (Å²) in [5.74, 6) is -0.591. The summed E-state index contributed by atoms with van der Waals surface area (Å²) in [5, 5.41) is 19.3. The van der Waals surface area contributed by atoms with E-state index in [1.807, 2.05) is 11.6 Å². The minimum Gasteiger partial charge on any atom is -0.381 e. The number of ketones is 1. The van der Waals surface area contributed by atoms with Crippen LogP contribution in [-0.2, 0) is 25.8 Å². The maximum absolute atomic E-state index is 13.5. The van der Waals surface area contributed by atoms with Crippen molar-refractivity contribution in [2.75, 3.05) is 5.32 Å². The third-order valence-corrected chi connectivity index (χ3v) is 8.51. The van der Waals surface area contributed by atoms with Crippen LogP contribution in [0.5, 0.6) is 0 Å². The number of amides is 2. The molecule has 202 valence electrons. The number of nitrogens with zero attached hydrogens (tertiary/aromatic N) is 4. The summed E-state index contributed by atoms with van der Waals surface area (Å²) in [7, 11) is 0. The van der Waals surface area contributed by atoms with Crippen LogP contribution < -0.4 is 16.0 Å².